The molecule has 2 saturated carbocycles. The Morgan fingerprint density at radius 2 is 1.72 bits per heavy atom. The van der Waals surface area contributed by atoms with Crippen LogP contribution in [0.1, 0.15) is 58.3 Å². The second-order valence-corrected chi connectivity index (χ2v) is 6.60. The molecule has 1 amide bonds. The minimum Gasteiger partial charge on any atom is -0.347 e. The van der Waals surface area contributed by atoms with Crippen LogP contribution < -0.4 is 5.32 Å². The zero-order chi connectivity index (χ0) is 13.2. The normalized spacial score (nSPS) is 25.3. The number of amides is 1. The summed E-state index contributed by atoms with van der Waals surface area (Å²) < 4.78 is 0. The van der Waals surface area contributed by atoms with Gasteiger partial charge in [0.05, 0.1) is 6.04 Å². The zero-order valence-electron chi connectivity index (χ0n) is 12.2. The maximum atomic E-state index is 11.8. The van der Waals surface area contributed by atoms with E-state index in [0.29, 0.717) is 11.5 Å². The van der Waals surface area contributed by atoms with Crippen LogP contribution in [0.4, 0.5) is 0 Å². The molecule has 18 heavy (non-hydrogen) atoms. The highest BCUT2D eigenvalue weighted by Crippen LogP contribution is 2.48. The molecule has 0 aliphatic heterocycles. The van der Waals surface area contributed by atoms with Crippen molar-refractivity contribution in [2.24, 2.45) is 5.41 Å². The van der Waals surface area contributed by atoms with Crippen molar-refractivity contribution in [3.63, 3.8) is 0 Å². The average molecular weight is 252 g/mol. The fourth-order valence-corrected chi connectivity index (χ4v) is 3.83. The Balaban J connectivity index is 1.78. The van der Waals surface area contributed by atoms with E-state index in [1.807, 2.05) is 21.0 Å². The Morgan fingerprint density at radius 1 is 1.17 bits per heavy atom. The molecule has 2 fully saturated rings. The molecule has 0 bridgehead atoms. The van der Waals surface area contributed by atoms with E-state index in [2.05, 4.69) is 5.32 Å². The van der Waals surface area contributed by atoms with Crippen molar-refractivity contribution >= 4 is 5.91 Å². The summed E-state index contributed by atoms with van der Waals surface area (Å²) in [4.78, 5) is 13.5. The Kier molecular flexibility index (Phi) is 4.31. The van der Waals surface area contributed by atoms with E-state index in [4.69, 9.17) is 0 Å². The molecule has 104 valence electrons. The molecule has 3 nitrogen and oxygen atoms in total. The molecule has 1 N–H and O–H groups in total. The SMILES string of the molecule is CC(NC1CCC2(CCCC2)CC1)C(=O)N(C)C. The fourth-order valence-electron chi connectivity index (χ4n) is 3.83. The second-order valence-electron chi connectivity index (χ2n) is 6.60. The van der Waals surface area contributed by atoms with Gasteiger partial charge in [-0.1, -0.05) is 12.8 Å². The number of hydrogen-bond donors (Lipinski definition) is 1. The highest BCUT2D eigenvalue weighted by molar-refractivity contribution is 5.80. The molecule has 3 heteroatoms. The first-order chi connectivity index (χ1) is 8.52. The van der Waals surface area contributed by atoms with Crippen molar-refractivity contribution in [3.8, 4) is 0 Å². The summed E-state index contributed by atoms with van der Waals surface area (Å²) in [5, 5.41) is 3.52. The summed E-state index contributed by atoms with van der Waals surface area (Å²) in [5.41, 5.74) is 0.687. The summed E-state index contributed by atoms with van der Waals surface area (Å²) >= 11 is 0. The van der Waals surface area contributed by atoms with Gasteiger partial charge in [0.1, 0.15) is 0 Å². The maximum absolute atomic E-state index is 11.8. The third kappa shape index (κ3) is 3.05. The predicted molar refractivity (Wildman–Crippen MR) is 74.4 cm³/mol. The first-order valence-corrected chi connectivity index (χ1v) is 7.50. The van der Waals surface area contributed by atoms with Crippen LogP contribution in [-0.4, -0.2) is 37.0 Å². The van der Waals surface area contributed by atoms with Crippen LogP contribution in [0.25, 0.3) is 0 Å². The number of carbonyl (C=O) groups excluding carboxylic acids is 1. The molecule has 2 aliphatic carbocycles. The quantitative estimate of drug-likeness (QED) is 0.837. The van der Waals surface area contributed by atoms with Gasteiger partial charge in [-0.3, -0.25) is 4.79 Å². The molecular weight excluding hydrogens is 224 g/mol. The van der Waals surface area contributed by atoms with Crippen molar-refractivity contribution < 1.29 is 4.79 Å². The summed E-state index contributed by atoms with van der Waals surface area (Å²) in [5.74, 6) is 0.191. The van der Waals surface area contributed by atoms with Gasteiger partial charge in [-0.15, -0.1) is 0 Å². The molecule has 0 aromatic carbocycles. The molecule has 1 atom stereocenters. The topological polar surface area (TPSA) is 32.3 Å². The predicted octanol–water partition coefficient (Wildman–Crippen LogP) is 2.56. The third-order valence-electron chi connectivity index (χ3n) is 5.01. The van der Waals surface area contributed by atoms with Crippen LogP contribution in [0.3, 0.4) is 0 Å². The summed E-state index contributed by atoms with van der Waals surface area (Å²) in [7, 11) is 3.66. The highest BCUT2D eigenvalue weighted by Gasteiger charge is 2.37. The minimum atomic E-state index is -0.0392. The van der Waals surface area contributed by atoms with Gasteiger partial charge < -0.3 is 10.2 Å². The molecule has 0 aromatic heterocycles. The number of nitrogens with one attached hydrogen (secondary N) is 1. The van der Waals surface area contributed by atoms with Crippen LogP contribution in [0.15, 0.2) is 0 Å². The van der Waals surface area contributed by atoms with Crippen LogP contribution in [0, 0.1) is 5.41 Å². The lowest BCUT2D eigenvalue weighted by molar-refractivity contribution is -0.130. The van der Waals surface area contributed by atoms with Gasteiger partial charge in [-0.2, -0.15) is 0 Å². The average Bonchev–Trinajstić information content (AvgIpc) is 2.80. The largest absolute Gasteiger partial charge is 0.347 e. The number of carbonyl (C=O) groups is 1. The smallest absolute Gasteiger partial charge is 0.238 e. The van der Waals surface area contributed by atoms with E-state index in [1.165, 1.54) is 51.4 Å². The Bertz CT molecular complexity index is 285. The van der Waals surface area contributed by atoms with E-state index < -0.39 is 0 Å². The van der Waals surface area contributed by atoms with E-state index in [9.17, 15) is 4.79 Å². The van der Waals surface area contributed by atoms with Crippen molar-refractivity contribution in [1.29, 1.82) is 0 Å². The standard InChI is InChI=1S/C15H28N2O/c1-12(14(18)17(2)3)16-13-6-10-15(11-7-13)8-4-5-9-15/h12-13,16H,4-11H2,1-3H3. The third-order valence-corrected chi connectivity index (χ3v) is 5.01. The molecule has 0 heterocycles. The van der Waals surface area contributed by atoms with Gasteiger partial charge in [0.15, 0.2) is 0 Å². The van der Waals surface area contributed by atoms with Crippen molar-refractivity contribution in [2.45, 2.75) is 70.4 Å². The van der Waals surface area contributed by atoms with Gasteiger partial charge in [-0.25, -0.2) is 0 Å². The first-order valence-electron chi connectivity index (χ1n) is 7.50. The summed E-state index contributed by atoms with van der Waals surface area (Å²) in [6.07, 6.45) is 11.0. The molecule has 0 radical (unpaired) electrons. The van der Waals surface area contributed by atoms with Crippen LogP contribution in [-0.2, 0) is 4.79 Å². The lowest BCUT2D eigenvalue weighted by atomic mass is 9.71. The van der Waals surface area contributed by atoms with Crippen LogP contribution in [0.5, 0.6) is 0 Å². The Morgan fingerprint density at radius 3 is 2.22 bits per heavy atom. The van der Waals surface area contributed by atoms with Gasteiger partial charge >= 0.3 is 0 Å². The van der Waals surface area contributed by atoms with E-state index in [-0.39, 0.29) is 11.9 Å². The molecule has 2 rings (SSSR count). The molecule has 0 aromatic rings. The first kappa shape index (κ1) is 13.9. The van der Waals surface area contributed by atoms with Gasteiger partial charge in [0, 0.05) is 20.1 Å². The number of hydrogen-bond acceptors (Lipinski definition) is 2. The lowest BCUT2D eigenvalue weighted by Crippen LogP contribution is -2.48. The fraction of sp³-hybridized carbons (Fsp3) is 0.933. The maximum Gasteiger partial charge on any atom is 0.238 e. The second kappa shape index (κ2) is 5.60. The van der Waals surface area contributed by atoms with E-state index in [1.54, 1.807) is 4.90 Å². The monoisotopic (exact) mass is 252 g/mol. The summed E-state index contributed by atoms with van der Waals surface area (Å²) in [6, 6.07) is 0.512. The number of rotatable bonds is 3. The zero-order valence-corrected chi connectivity index (χ0v) is 12.2. The van der Waals surface area contributed by atoms with Crippen molar-refractivity contribution in [3.05, 3.63) is 0 Å². The van der Waals surface area contributed by atoms with Crippen LogP contribution in [0.2, 0.25) is 0 Å². The van der Waals surface area contributed by atoms with E-state index >= 15 is 0 Å². The van der Waals surface area contributed by atoms with Gasteiger partial charge in [0.25, 0.3) is 0 Å². The minimum absolute atomic E-state index is 0.0392. The van der Waals surface area contributed by atoms with Gasteiger partial charge in [0.2, 0.25) is 5.91 Å². The molecule has 1 unspecified atom stereocenters. The molecular formula is C15H28N2O. The molecule has 0 saturated heterocycles. The number of likely N-dealkylation sites (N-methyl/N-ethyl adjacent to an activating group) is 1. The molecule has 1 spiro atoms. The van der Waals surface area contributed by atoms with Crippen molar-refractivity contribution in [1.82, 2.24) is 10.2 Å². The summed E-state index contributed by atoms with van der Waals surface area (Å²) in [6.45, 7) is 1.99. The Labute approximate surface area is 111 Å². The van der Waals surface area contributed by atoms with Gasteiger partial charge in [-0.05, 0) is 50.9 Å². The number of nitrogens with zero attached hydrogens (tertiary/aromatic N) is 1. The lowest BCUT2D eigenvalue weighted by Gasteiger charge is -2.38. The van der Waals surface area contributed by atoms with Crippen LogP contribution >= 0.6 is 0 Å². The van der Waals surface area contributed by atoms with Crippen molar-refractivity contribution in [2.75, 3.05) is 14.1 Å². The van der Waals surface area contributed by atoms with E-state index in [0.717, 1.165) is 0 Å². The molecule has 2 aliphatic rings. The highest BCUT2D eigenvalue weighted by atomic mass is 16.2. The Hall–Kier alpha value is -0.570.